The number of carbonyl (C=O) groups is 1. The highest BCUT2D eigenvalue weighted by Crippen LogP contribution is 2.03. The van der Waals surface area contributed by atoms with E-state index in [9.17, 15) is 4.79 Å². The van der Waals surface area contributed by atoms with Gasteiger partial charge in [0, 0.05) is 13.2 Å². The van der Waals surface area contributed by atoms with Gasteiger partial charge in [0.1, 0.15) is 0 Å². The van der Waals surface area contributed by atoms with Gasteiger partial charge in [-0.1, -0.05) is 0 Å². The van der Waals surface area contributed by atoms with E-state index in [2.05, 4.69) is 10.2 Å². The zero-order valence-corrected chi connectivity index (χ0v) is 5.93. The Morgan fingerprint density at radius 2 is 2.45 bits per heavy atom. The fourth-order valence-corrected chi connectivity index (χ4v) is 0.570. The lowest BCUT2D eigenvalue weighted by Gasteiger charge is -2.09. The van der Waals surface area contributed by atoms with E-state index in [1.165, 1.54) is 13.2 Å². The molecule has 5 heteroatoms. The Balaban J connectivity index is 2.85. The molecule has 0 fully saturated rings. The van der Waals surface area contributed by atoms with Gasteiger partial charge in [-0.2, -0.15) is 5.10 Å². The summed E-state index contributed by atoms with van der Waals surface area (Å²) in [4.78, 5) is 11.4. The zero-order valence-electron chi connectivity index (χ0n) is 5.93. The average Bonchev–Trinajstić information content (AvgIpc) is 2.05. The minimum atomic E-state index is -1.05. The summed E-state index contributed by atoms with van der Waals surface area (Å²) in [6.07, 6.45) is 0.435. The second kappa shape index (κ2) is 2.96. The summed E-state index contributed by atoms with van der Waals surface area (Å²) < 4.78 is 0. The van der Waals surface area contributed by atoms with Crippen LogP contribution in [0, 0.1) is 0 Å². The van der Waals surface area contributed by atoms with Crippen LogP contribution in [0.25, 0.3) is 0 Å². The Morgan fingerprint density at radius 1 is 1.73 bits per heavy atom. The quantitative estimate of drug-likeness (QED) is 0.641. The number of hydrogen-bond donors (Lipinski definition) is 1. The van der Waals surface area contributed by atoms with Crippen LogP contribution in [0.2, 0.25) is 0 Å². The highest BCUT2D eigenvalue weighted by atomic mass is 16.4. The first kappa shape index (κ1) is 7.46. The van der Waals surface area contributed by atoms with Gasteiger partial charge in [-0.15, -0.1) is 5.10 Å². The van der Waals surface area contributed by atoms with Crippen molar-refractivity contribution in [2.45, 2.75) is 0 Å². The molecule has 0 spiro atoms. The molecule has 5 nitrogen and oxygen atoms in total. The van der Waals surface area contributed by atoms with E-state index in [1.807, 2.05) is 0 Å². The van der Waals surface area contributed by atoms with Crippen molar-refractivity contribution in [2.24, 2.45) is 0 Å². The van der Waals surface area contributed by atoms with Crippen molar-refractivity contribution in [3.05, 3.63) is 18.3 Å². The second-order valence-corrected chi connectivity index (χ2v) is 1.92. The van der Waals surface area contributed by atoms with Crippen molar-refractivity contribution in [1.29, 1.82) is 0 Å². The van der Waals surface area contributed by atoms with Crippen LogP contribution in [0.5, 0.6) is 0 Å². The topological polar surface area (TPSA) is 66.3 Å². The maximum atomic E-state index is 10.4. The van der Waals surface area contributed by atoms with E-state index in [1.54, 1.807) is 12.1 Å². The molecule has 58 valence electrons. The molecule has 0 radical (unpaired) electrons. The Hall–Kier alpha value is -1.65. The fourth-order valence-electron chi connectivity index (χ4n) is 0.570. The van der Waals surface area contributed by atoms with Gasteiger partial charge in [-0.05, 0) is 12.1 Å². The van der Waals surface area contributed by atoms with Crippen LogP contribution in [-0.2, 0) is 0 Å². The third kappa shape index (κ3) is 1.64. The molecule has 0 atom stereocenters. The second-order valence-electron chi connectivity index (χ2n) is 1.92. The lowest BCUT2D eigenvalue weighted by Crippen LogP contribution is -2.24. The molecule has 0 saturated carbocycles. The Labute approximate surface area is 63.3 Å². The van der Waals surface area contributed by atoms with Crippen molar-refractivity contribution in [1.82, 2.24) is 10.2 Å². The van der Waals surface area contributed by atoms with Gasteiger partial charge in [-0.3, -0.25) is 4.90 Å². The summed E-state index contributed by atoms with van der Waals surface area (Å²) in [5.41, 5.74) is 0. The summed E-state index contributed by atoms with van der Waals surface area (Å²) in [7, 11) is 1.41. The molecular formula is C6H7N3O2. The average molecular weight is 153 g/mol. The van der Waals surface area contributed by atoms with Crippen LogP contribution in [0.15, 0.2) is 18.3 Å². The number of amides is 1. The number of aromatic nitrogens is 2. The summed E-state index contributed by atoms with van der Waals surface area (Å²) in [5.74, 6) is 0.319. The summed E-state index contributed by atoms with van der Waals surface area (Å²) >= 11 is 0. The van der Waals surface area contributed by atoms with Crippen LogP contribution in [0.3, 0.4) is 0 Å². The predicted molar refractivity (Wildman–Crippen MR) is 38.5 cm³/mol. The molecule has 1 rings (SSSR count). The van der Waals surface area contributed by atoms with Crippen molar-refractivity contribution in [2.75, 3.05) is 11.9 Å². The lowest BCUT2D eigenvalue weighted by molar-refractivity contribution is 0.203. The van der Waals surface area contributed by atoms with Crippen LogP contribution < -0.4 is 4.90 Å². The Bertz CT molecular complexity index is 249. The molecule has 0 bridgehead atoms. The first-order valence-corrected chi connectivity index (χ1v) is 2.96. The van der Waals surface area contributed by atoms with Crippen molar-refractivity contribution in [3.8, 4) is 0 Å². The van der Waals surface area contributed by atoms with E-state index in [0.717, 1.165) is 4.90 Å². The predicted octanol–water partition coefficient (Wildman–Crippen LogP) is 0.591. The van der Waals surface area contributed by atoms with Gasteiger partial charge in [0.25, 0.3) is 0 Å². The highest BCUT2D eigenvalue weighted by molar-refractivity contribution is 5.83. The molecule has 0 unspecified atom stereocenters. The minimum absolute atomic E-state index is 0.319. The maximum absolute atomic E-state index is 10.4. The number of hydrogen-bond acceptors (Lipinski definition) is 3. The van der Waals surface area contributed by atoms with Gasteiger partial charge in [-0.25, -0.2) is 4.79 Å². The van der Waals surface area contributed by atoms with Crippen LogP contribution >= 0.6 is 0 Å². The molecule has 11 heavy (non-hydrogen) atoms. The molecule has 1 heterocycles. The Kier molecular flexibility index (Phi) is 2.00. The van der Waals surface area contributed by atoms with Crippen LogP contribution in [0.1, 0.15) is 0 Å². The van der Waals surface area contributed by atoms with E-state index < -0.39 is 6.09 Å². The summed E-state index contributed by atoms with van der Waals surface area (Å²) in [6, 6.07) is 3.20. The molecule has 1 N–H and O–H groups in total. The van der Waals surface area contributed by atoms with Gasteiger partial charge < -0.3 is 5.11 Å². The molecule has 0 aliphatic carbocycles. The molecule has 0 aromatic carbocycles. The first-order chi connectivity index (χ1) is 5.22. The zero-order chi connectivity index (χ0) is 8.27. The van der Waals surface area contributed by atoms with E-state index in [4.69, 9.17) is 5.11 Å². The van der Waals surface area contributed by atoms with E-state index in [-0.39, 0.29) is 0 Å². The van der Waals surface area contributed by atoms with Crippen LogP contribution in [0.4, 0.5) is 10.6 Å². The maximum Gasteiger partial charge on any atom is 0.412 e. The normalized spacial score (nSPS) is 9.18. The minimum Gasteiger partial charge on any atom is -0.465 e. The summed E-state index contributed by atoms with van der Waals surface area (Å²) in [6.45, 7) is 0. The van der Waals surface area contributed by atoms with Crippen molar-refractivity contribution >= 4 is 11.9 Å². The molecule has 1 aromatic rings. The number of nitrogens with zero attached hydrogens (tertiary/aromatic N) is 3. The molecule has 0 saturated heterocycles. The Morgan fingerprint density at radius 3 is 2.91 bits per heavy atom. The lowest BCUT2D eigenvalue weighted by atomic mass is 10.5. The van der Waals surface area contributed by atoms with Crippen molar-refractivity contribution < 1.29 is 9.90 Å². The molecular weight excluding hydrogens is 146 g/mol. The van der Waals surface area contributed by atoms with Gasteiger partial charge in [0.15, 0.2) is 5.82 Å². The largest absolute Gasteiger partial charge is 0.465 e. The molecule has 0 aliphatic rings. The molecule has 1 aromatic heterocycles. The number of anilines is 1. The van der Waals surface area contributed by atoms with Crippen LogP contribution in [-0.4, -0.2) is 28.4 Å². The first-order valence-electron chi connectivity index (χ1n) is 2.96. The number of carboxylic acid groups (broad SMARTS) is 1. The van der Waals surface area contributed by atoms with Gasteiger partial charge in [0.05, 0.1) is 0 Å². The fraction of sp³-hybridized carbons (Fsp3) is 0.167. The molecule has 0 aliphatic heterocycles. The monoisotopic (exact) mass is 153 g/mol. The SMILES string of the molecule is CN(C(=O)O)c1cccnn1. The molecule has 1 amide bonds. The highest BCUT2D eigenvalue weighted by Gasteiger charge is 2.08. The van der Waals surface area contributed by atoms with Crippen molar-refractivity contribution in [3.63, 3.8) is 0 Å². The van der Waals surface area contributed by atoms with E-state index in [0.29, 0.717) is 5.82 Å². The van der Waals surface area contributed by atoms with Gasteiger partial charge >= 0.3 is 6.09 Å². The third-order valence-electron chi connectivity index (χ3n) is 1.19. The number of rotatable bonds is 1. The van der Waals surface area contributed by atoms with E-state index >= 15 is 0 Å². The third-order valence-corrected chi connectivity index (χ3v) is 1.19. The standard InChI is InChI=1S/C6H7N3O2/c1-9(6(10)11)5-3-2-4-7-8-5/h2-4H,1H3,(H,10,11). The summed E-state index contributed by atoms with van der Waals surface area (Å²) in [5, 5.41) is 15.6. The smallest absolute Gasteiger partial charge is 0.412 e. The van der Waals surface area contributed by atoms with Gasteiger partial charge in [0.2, 0.25) is 0 Å².